The lowest BCUT2D eigenvalue weighted by Crippen LogP contribution is -2.07. The highest BCUT2D eigenvalue weighted by atomic mass is 19.1. The van der Waals surface area contributed by atoms with Gasteiger partial charge in [-0.2, -0.15) is 0 Å². The van der Waals surface area contributed by atoms with Crippen LogP contribution >= 0.6 is 0 Å². The summed E-state index contributed by atoms with van der Waals surface area (Å²) in [7, 11) is 1.77. The van der Waals surface area contributed by atoms with E-state index in [4.69, 9.17) is 0 Å². The van der Waals surface area contributed by atoms with E-state index < -0.39 is 0 Å². The molecule has 7 heteroatoms. The van der Waals surface area contributed by atoms with E-state index in [1.54, 1.807) is 25.4 Å². The zero-order valence-electron chi connectivity index (χ0n) is 16.7. The van der Waals surface area contributed by atoms with Gasteiger partial charge in [0.05, 0.1) is 11.9 Å². The molecule has 1 aromatic carbocycles. The summed E-state index contributed by atoms with van der Waals surface area (Å²) in [5.41, 5.74) is 4.55. The van der Waals surface area contributed by atoms with E-state index in [1.165, 1.54) is 18.5 Å². The summed E-state index contributed by atoms with van der Waals surface area (Å²) in [6.45, 7) is 4.63. The second-order valence-corrected chi connectivity index (χ2v) is 6.40. The first-order chi connectivity index (χ1) is 14.1. The van der Waals surface area contributed by atoms with Crippen LogP contribution in [0.15, 0.2) is 65.6 Å². The third-order valence-electron chi connectivity index (χ3n) is 4.30. The number of anilines is 1. The van der Waals surface area contributed by atoms with Crippen molar-refractivity contribution in [2.24, 2.45) is 4.99 Å². The molecule has 3 rings (SSSR count). The van der Waals surface area contributed by atoms with Crippen LogP contribution in [0.1, 0.15) is 20.3 Å². The van der Waals surface area contributed by atoms with Gasteiger partial charge in [0.2, 0.25) is 0 Å². The molecule has 0 bridgehead atoms. The van der Waals surface area contributed by atoms with Gasteiger partial charge in [0.15, 0.2) is 17.0 Å². The Morgan fingerprint density at radius 3 is 2.66 bits per heavy atom. The Labute approximate surface area is 169 Å². The Balaban J connectivity index is 1.88. The van der Waals surface area contributed by atoms with Crippen molar-refractivity contribution in [3.63, 3.8) is 0 Å². The van der Waals surface area contributed by atoms with Crippen molar-refractivity contribution in [2.45, 2.75) is 20.3 Å². The van der Waals surface area contributed by atoms with Crippen LogP contribution in [0.25, 0.3) is 22.4 Å². The number of benzene rings is 1. The molecule has 0 saturated heterocycles. The van der Waals surface area contributed by atoms with E-state index in [-0.39, 0.29) is 5.82 Å². The van der Waals surface area contributed by atoms with Crippen molar-refractivity contribution in [3.8, 4) is 11.3 Å². The Kier molecular flexibility index (Phi) is 6.73. The molecule has 0 aliphatic rings. The summed E-state index contributed by atoms with van der Waals surface area (Å²) in [6.07, 6.45) is 10.2. The summed E-state index contributed by atoms with van der Waals surface area (Å²) in [5.74, 6) is 0.308. The molecular formula is C22H23FN6. The van der Waals surface area contributed by atoms with Crippen LogP contribution in [-0.2, 0) is 0 Å². The first kappa shape index (κ1) is 20.3. The molecule has 0 radical (unpaired) electrons. The number of fused-ring (bicyclic) bond motifs is 1. The minimum atomic E-state index is -0.292. The zero-order chi connectivity index (χ0) is 20.6. The van der Waals surface area contributed by atoms with E-state index in [1.807, 2.05) is 19.1 Å². The summed E-state index contributed by atoms with van der Waals surface area (Å²) in [6, 6.07) is 6.15. The van der Waals surface area contributed by atoms with Gasteiger partial charge in [0.25, 0.3) is 0 Å². The highest BCUT2D eigenvalue weighted by Crippen LogP contribution is 2.22. The molecule has 148 valence electrons. The molecule has 1 N–H and O–H groups in total. The predicted octanol–water partition coefficient (Wildman–Crippen LogP) is 4.62. The monoisotopic (exact) mass is 390 g/mol. The summed E-state index contributed by atoms with van der Waals surface area (Å²) in [5, 5.41) is 3.33. The number of halogens is 1. The minimum absolute atomic E-state index is 0.292. The number of aliphatic imine (C=N–C) groups is 1. The van der Waals surface area contributed by atoms with Gasteiger partial charge in [0.1, 0.15) is 12.1 Å². The molecule has 0 aliphatic carbocycles. The maximum atomic E-state index is 13.2. The zero-order valence-corrected chi connectivity index (χ0v) is 16.7. The summed E-state index contributed by atoms with van der Waals surface area (Å²) < 4.78 is 13.2. The Bertz CT molecular complexity index is 1070. The SMILES string of the molecule is CC/C=C(/C=C\C(C)=NC)CNc1ncnc2ncc(-c3ccc(F)cc3)nc12. The van der Waals surface area contributed by atoms with E-state index in [9.17, 15) is 4.39 Å². The fourth-order valence-corrected chi connectivity index (χ4v) is 2.68. The van der Waals surface area contributed by atoms with Crippen LogP contribution in [0, 0.1) is 5.82 Å². The van der Waals surface area contributed by atoms with Crippen LogP contribution < -0.4 is 5.32 Å². The van der Waals surface area contributed by atoms with E-state index >= 15 is 0 Å². The smallest absolute Gasteiger partial charge is 0.183 e. The second-order valence-electron chi connectivity index (χ2n) is 6.40. The van der Waals surface area contributed by atoms with Gasteiger partial charge in [-0.15, -0.1) is 0 Å². The average molecular weight is 390 g/mol. The summed E-state index contributed by atoms with van der Waals surface area (Å²) in [4.78, 5) is 21.7. The summed E-state index contributed by atoms with van der Waals surface area (Å²) >= 11 is 0. The number of nitrogens with zero attached hydrogens (tertiary/aromatic N) is 5. The third-order valence-corrected chi connectivity index (χ3v) is 4.30. The topological polar surface area (TPSA) is 76.0 Å². The van der Waals surface area contributed by atoms with Gasteiger partial charge in [-0.1, -0.05) is 19.1 Å². The molecule has 0 fully saturated rings. The lowest BCUT2D eigenvalue weighted by Gasteiger charge is -2.09. The number of rotatable bonds is 7. The lowest BCUT2D eigenvalue weighted by atomic mass is 10.1. The van der Waals surface area contributed by atoms with Crippen LogP contribution in [-0.4, -0.2) is 39.2 Å². The molecule has 0 atom stereocenters. The fourth-order valence-electron chi connectivity index (χ4n) is 2.68. The van der Waals surface area contributed by atoms with E-state index in [0.29, 0.717) is 29.2 Å². The Morgan fingerprint density at radius 2 is 1.93 bits per heavy atom. The third kappa shape index (κ3) is 5.28. The molecule has 0 amide bonds. The molecule has 29 heavy (non-hydrogen) atoms. The van der Waals surface area contributed by atoms with Crippen molar-refractivity contribution in [1.82, 2.24) is 19.9 Å². The van der Waals surface area contributed by atoms with Crippen molar-refractivity contribution in [3.05, 3.63) is 66.4 Å². The van der Waals surface area contributed by atoms with E-state index in [0.717, 1.165) is 23.3 Å². The normalized spacial score (nSPS) is 12.7. The molecule has 2 heterocycles. The molecule has 2 aromatic heterocycles. The standard InChI is InChI=1S/C22H23FN6/c1-4-5-16(7-6-15(2)24-3)12-25-21-20-22(28-14-27-21)26-13-19(29-20)17-8-10-18(23)11-9-17/h5-11,13-14H,4,12H2,1-3H3,(H,25,26,27,28)/b7-6-,16-5-,24-15?. The fraction of sp³-hybridized carbons (Fsp3) is 0.227. The van der Waals surface area contributed by atoms with Gasteiger partial charge >= 0.3 is 0 Å². The van der Waals surface area contributed by atoms with Gasteiger partial charge < -0.3 is 5.32 Å². The van der Waals surface area contributed by atoms with Gasteiger partial charge in [-0.05, 0) is 49.3 Å². The largest absolute Gasteiger partial charge is 0.364 e. The maximum Gasteiger partial charge on any atom is 0.183 e. The Morgan fingerprint density at radius 1 is 1.14 bits per heavy atom. The maximum absolute atomic E-state index is 13.2. The number of hydrogen-bond donors (Lipinski definition) is 1. The van der Waals surface area contributed by atoms with Crippen LogP contribution in [0.3, 0.4) is 0 Å². The van der Waals surface area contributed by atoms with Crippen molar-refractivity contribution >= 4 is 22.7 Å². The van der Waals surface area contributed by atoms with Crippen molar-refractivity contribution in [2.75, 3.05) is 18.9 Å². The number of hydrogen-bond acceptors (Lipinski definition) is 6. The lowest BCUT2D eigenvalue weighted by molar-refractivity contribution is 0.628. The van der Waals surface area contributed by atoms with Crippen molar-refractivity contribution in [1.29, 1.82) is 0 Å². The van der Waals surface area contributed by atoms with Crippen molar-refractivity contribution < 1.29 is 4.39 Å². The highest BCUT2D eigenvalue weighted by molar-refractivity contribution is 5.93. The molecule has 3 aromatic rings. The number of allylic oxidation sites excluding steroid dienone is 2. The molecule has 0 spiro atoms. The average Bonchev–Trinajstić information content (AvgIpc) is 2.75. The Hall–Kier alpha value is -3.48. The highest BCUT2D eigenvalue weighted by Gasteiger charge is 2.09. The number of nitrogens with one attached hydrogen (secondary N) is 1. The van der Waals surface area contributed by atoms with Crippen LogP contribution in [0.4, 0.5) is 10.2 Å². The molecule has 0 saturated carbocycles. The second kappa shape index (κ2) is 9.64. The first-order valence-electron chi connectivity index (χ1n) is 9.38. The van der Waals surface area contributed by atoms with Crippen LogP contribution in [0.5, 0.6) is 0 Å². The van der Waals surface area contributed by atoms with E-state index in [2.05, 4.69) is 43.2 Å². The van der Waals surface area contributed by atoms with Crippen LogP contribution in [0.2, 0.25) is 0 Å². The van der Waals surface area contributed by atoms with Gasteiger partial charge in [0, 0.05) is 24.9 Å². The molecule has 6 nitrogen and oxygen atoms in total. The predicted molar refractivity (Wildman–Crippen MR) is 116 cm³/mol. The molecular weight excluding hydrogens is 367 g/mol. The van der Waals surface area contributed by atoms with Gasteiger partial charge in [-0.25, -0.2) is 24.3 Å². The minimum Gasteiger partial charge on any atom is -0.364 e. The first-order valence-corrected chi connectivity index (χ1v) is 9.38. The van der Waals surface area contributed by atoms with Gasteiger partial charge in [-0.3, -0.25) is 4.99 Å². The molecule has 0 unspecified atom stereocenters. The quantitative estimate of drug-likeness (QED) is 0.470. The molecule has 0 aliphatic heterocycles. The number of aromatic nitrogens is 4.